The number of carbonyl (C=O) groups excluding carboxylic acids is 2. The maximum Gasteiger partial charge on any atom is 0.246 e. The van der Waals surface area contributed by atoms with Gasteiger partial charge >= 0.3 is 0 Å². The van der Waals surface area contributed by atoms with E-state index in [1.807, 2.05) is 0 Å². The molecule has 4 unspecified atom stereocenters. The highest BCUT2D eigenvalue weighted by atomic mass is 16.5. The van der Waals surface area contributed by atoms with Gasteiger partial charge in [0, 0.05) is 12.8 Å². The number of rotatable bonds is 5. The molecule has 4 rings (SSSR count). The average molecular weight is 311 g/mol. The Kier molecular flexibility index (Phi) is 3.29. The first kappa shape index (κ1) is 14.2. The van der Waals surface area contributed by atoms with E-state index in [2.05, 4.69) is 28.2 Å². The van der Waals surface area contributed by atoms with E-state index < -0.39 is 0 Å². The number of hydrogen-bond donors (Lipinski definition) is 0. The van der Waals surface area contributed by atoms with Crippen LogP contribution in [0.5, 0.6) is 0 Å². The summed E-state index contributed by atoms with van der Waals surface area (Å²) >= 11 is 0. The Balaban J connectivity index is 1.45. The predicted molar refractivity (Wildman–Crippen MR) is 79.3 cm³/mol. The Hall–Kier alpha value is -2.42. The number of terminal acetylenes is 1. The van der Waals surface area contributed by atoms with Gasteiger partial charge in [-0.25, -0.2) is 0 Å². The number of amides is 2. The maximum atomic E-state index is 12.6. The maximum absolute atomic E-state index is 12.6. The normalized spacial score (nSPS) is 31.0. The third-order valence-electron chi connectivity index (χ3n) is 5.09. The summed E-state index contributed by atoms with van der Waals surface area (Å²) in [5.41, 5.74) is 0. The van der Waals surface area contributed by atoms with Crippen LogP contribution in [0.2, 0.25) is 0 Å². The largest absolute Gasteiger partial charge is 0.337 e. The van der Waals surface area contributed by atoms with Crippen molar-refractivity contribution < 1.29 is 14.1 Å². The van der Waals surface area contributed by atoms with Crippen LogP contribution in [0.1, 0.15) is 31.0 Å². The molecule has 118 valence electrons. The number of unbranched alkanes of at least 4 members (excludes halogenated alkanes) is 1. The van der Waals surface area contributed by atoms with Gasteiger partial charge in [-0.1, -0.05) is 17.3 Å². The van der Waals surface area contributed by atoms with Gasteiger partial charge in [0.25, 0.3) is 0 Å². The molecular weight excluding hydrogens is 294 g/mol. The van der Waals surface area contributed by atoms with E-state index in [0.717, 1.165) is 12.8 Å². The average Bonchev–Trinajstić information content (AvgIpc) is 3.29. The molecule has 2 bridgehead atoms. The standard InChI is InChI=1S/C17H17N3O3/c1-2-3-4-5-12-18-13(23-19-12)9-20-16(21)14-10-6-7-11(8-10)15(14)17(20)22/h1,6-7,10-11,14-15H,3-5,8-9H2. The fourth-order valence-electron chi connectivity index (χ4n) is 4.06. The SMILES string of the molecule is C#CCCCc1noc(CN2C(=O)C3C4C=CC(C4)C3C2=O)n1. The van der Waals surface area contributed by atoms with Crippen molar-refractivity contribution in [3.8, 4) is 12.3 Å². The Morgan fingerprint density at radius 1 is 1.26 bits per heavy atom. The zero-order valence-electron chi connectivity index (χ0n) is 12.6. The van der Waals surface area contributed by atoms with Crippen LogP contribution in [0.4, 0.5) is 0 Å². The number of fused-ring (bicyclic) bond motifs is 5. The summed E-state index contributed by atoms with van der Waals surface area (Å²) in [7, 11) is 0. The lowest BCUT2D eigenvalue weighted by molar-refractivity contribution is -0.141. The van der Waals surface area contributed by atoms with E-state index >= 15 is 0 Å². The van der Waals surface area contributed by atoms with Gasteiger partial charge in [0.1, 0.15) is 6.54 Å². The topological polar surface area (TPSA) is 76.3 Å². The summed E-state index contributed by atoms with van der Waals surface area (Å²) in [4.78, 5) is 30.7. The van der Waals surface area contributed by atoms with Crippen molar-refractivity contribution in [3.05, 3.63) is 23.9 Å². The molecule has 2 amide bonds. The molecule has 0 aromatic carbocycles. The van der Waals surface area contributed by atoms with Crippen LogP contribution < -0.4 is 0 Å². The molecule has 4 atom stereocenters. The molecule has 1 aromatic heterocycles. The number of aryl methyl sites for hydroxylation is 1. The number of imide groups is 1. The zero-order chi connectivity index (χ0) is 16.0. The highest BCUT2D eigenvalue weighted by molar-refractivity contribution is 6.06. The summed E-state index contributed by atoms with van der Waals surface area (Å²) in [6.45, 7) is 0.0756. The molecule has 0 radical (unpaired) electrons. The zero-order valence-corrected chi connectivity index (χ0v) is 12.6. The third-order valence-corrected chi connectivity index (χ3v) is 5.09. The Morgan fingerprint density at radius 3 is 2.61 bits per heavy atom. The second-order valence-corrected chi connectivity index (χ2v) is 6.42. The third kappa shape index (κ3) is 2.19. The van der Waals surface area contributed by atoms with Crippen LogP contribution in [0, 0.1) is 36.0 Å². The van der Waals surface area contributed by atoms with Crippen molar-refractivity contribution in [2.75, 3.05) is 0 Å². The van der Waals surface area contributed by atoms with Crippen molar-refractivity contribution in [3.63, 3.8) is 0 Å². The Morgan fingerprint density at radius 2 is 1.96 bits per heavy atom. The molecule has 1 aliphatic heterocycles. The molecule has 2 aliphatic carbocycles. The van der Waals surface area contributed by atoms with Gasteiger partial charge in [-0.3, -0.25) is 14.5 Å². The van der Waals surface area contributed by atoms with Crippen molar-refractivity contribution >= 4 is 11.8 Å². The number of carbonyl (C=O) groups is 2. The van der Waals surface area contributed by atoms with Gasteiger partial charge < -0.3 is 4.52 Å². The van der Waals surface area contributed by atoms with Gasteiger partial charge in [-0.15, -0.1) is 12.3 Å². The van der Waals surface area contributed by atoms with Gasteiger partial charge in [0.05, 0.1) is 11.8 Å². The van der Waals surface area contributed by atoms with Crippen molar-refractivity contribution in [2.24, 2.45) is 23.7 Å². The van der Waals surface area contributed by atoms with Gasteiger partial charge in [-0.2, -0.15) is 4.98 Å². The summed E-state index contributed by atoms with van der Waals surface area (Å²) in [6, 6.07) is 0. The van der Waals surface area contributed by atoms with Crippen molar-refractivity contribution in [2.45, 2.75) is 32.2 Å². The molecule has 3 aliphatic rings. The van der Waals surface area contributed by atoms with Crippen LogP contribution in [0.3, 0.4) is 0 Å². The molecule has 0 N–H and O–H groups in total. The summed E-state index contributed by atoms with van der Waals surface area (Å²) < 4.78 is 5.17. The van der Waals surface area contributed by atoms with E-state index in [4.69, 9.17) is 10.9 Å². The number of aromatic nitrogens is 2. The lowest BCUT2D eigenvalue weighted by atomic mass is 9.85. The van der Waals surface area contributed by atoms with Crippen LogP contribution in [0.25, 0.3) is 0 Å². The lowest BCUT2D eigenvalue weighted by Gasteiger charge is -2.14. The quantitative estimate of drug-likeness (QED) is 0.355. The first-order valence-electron chi connectivity index (χ1n) is 7.97. The van der Waals surface area contributed by atoms with Gasteiger partial charge in [-0.05, 0) is 24.7 Å². The monoisotopic (exact) mass is 311 g/mol. The smallest absolute Gasteiger partial charge is 0.246 e. The fraction of sp³-hybridized carbons (Fsp3) is 0.529. The van der Waals surface area contributed by atoms with Crippen molar-refractivity contribution in [1.82, 2.24) is 15.0 Å². The highest BCUT2D eigenvalue weighted by Gasteiger charge is 2.59. The molecule has 1 saturated carbocycles. The summed E-state index contributed by atoms with van der Waals surface area (Å²) in [6.07, 6.45) is 12.4. The fourth-order valence-corrected chi connectivity index (χ4v) is 4.06. The van der Waals surface area contributed by atoms with Crippen LogP contribution in [-0.4, -0.2) is 26.9 Å². The molecule has 6 nitrogen and oxygen atoms in total. The molecule has 2 fully saturated rings. The second kappa shape index (κ2) is 5.34. The van der Waals surface area contributed by atoms with E-state index in [-0.39, 0.29) is 42.0 Å². The molecule has 0 spiro atoms. The molecular formula is C17H17N3O3. The summed E-state index contributed by atoms with van der Waals surface area (Å²) in [5.74, 6) is 3.31. The van der Waals surface area contributed by atoms with Crippen LogP contribution in [0.15, 0.2) is 16.7 Å². The number of allylic oxidation sites excluding steroid dienone is 2. The molecule has 6 heteroatoms. The predicted octanol–water partition coefficient (Wildman–Crippen LogP) is 1.33. The molecule has 1 aromatic rings. The number of nitrogens with zero attached hydrogens (tertiary/aromatic N) is 3. The van der Waals surface area contributed by atoms with Crippen molar-refractivity contribution in [1.29, 1.82) is 0 Å². The van der Waals surface area contributed by atoms with E-state index in [9.17, 15) is 9.59 Å². The highest BCUT2D eigenvalue weighted by Crippen LogP contribution is 2.52. The molecule has 2 heterocycles. The lowest BCUT2D eigenvalue weighted by Crippen LogP contribution is -2.32. The first-order valence-corrected chi connectivity index (χ1v) is 7.97. The summed E-state index contributed by atoms with van der Waals surface area (Å²) in [5, 5.41) is 3.88. The van der Waals surface area contributed by atoms with E-state index in [0.29, 0.717) is 24.6 Å². The Bertz CT molecular complexity index is 700. The number of likely N-dealkylation sites (tertiary alicyclic amines) is 1. The van der Waals surface area contributed by atoms with Gasteiger partial charge in [0.2, 0.25) is 17.7 Å². The Labute approximate surface area is 133 Å². The second-order valence-electron chi connectivity index (χ2n) is 6.42. The van der Waals surface area contributed by atoms with E-state index in [1.54, 1.807) is 0 Å². The first-order chi connectivity index (χ1) is 11.2. The minimum absolute atomic E-state index is 0.0756. The molecule has 23 heavy (non-hydrogen) atoms. The molecule has 1 saturated heterocycles. The minimum Gasteiger partial charge on any atom is -0.337 e. The van der Waals surface area contributed by atoms with Gasteiger partial charge in [0.15, 0.2) is 5.82 Å². The van der Waals surface area contributed by atoms with Crippen LogP contribution >= 0.6 is 0 Å². The number of hydrogen-bond acceptors (Lipinski definition) is 5. The van der Waals surface area contributed by atoms with E-state index in [1.165, 1.54) is 4.90 Å². The minimum atomic E-state index is -0.185. The van der Waals surface area contributed by atoms with Crippen LogP contribution in [-0.2, 0) is 22.6 Å².